The molecule has 0 spiro atoms. The van der Waals surface area contributed by atoms with Crippen molar-refractivity contribution in [1.29, 1.82) is 0 Å². The average molecular weight is 367 g/mol. The number of hydrogen-bond donors (Lipinski definition) is 0. The Hall–Kier alpha value is -2.82. The van der Waals surface area contributed by atoms with Gasteiger partial charge in [0.2, 0.25) is 0 Å². The second-order valence-corrected chi connectivity index (χ2v) is 6.59. The van der Waals surface area contributed by atoms with Crippen LogP contribution in [0.1, 0.15) is 40.5 Å². The van der Waals surface area contributed by atoms with Gasteiger partial charge in [-0.3, -0.25) is 9.59 Å². The van der Waals surface area contributed by atoms with E-state index in [0.29, 0.717) is 49.4 Å². The normalized spacial score (nSPS) is 14.7. The molecule has 1 heterocycles. The van der Waals surface area contributed by atoms with Crippen molar-refractivity contribution in [3.05, 3.63) is 59.7 Å². The van der Waals surface area contributed by atoms with E-state index < -0.39 is 0 Å². The van der Waals surface area contributed by atoms with Gasteiger partial charge in [0.25, 0.3) is 5.91 Å². The summed E-state index contributed by atoms with van der Waals surface area (Å²) in [6.07, 6.45) is 1.35. The van der Waals surface area contributed by atoms with Crippen LogP contribution >= 0.6 is 0 Å². The molecule has 0 aromatic heterocycles. The van der Waals surface area contributed by atoms with Gasteiger partial charge in [-0.25, -0.2) is 0 Å². The van der Waals surface area contributed by atoms with E-state index in [1.807, 2.05) is 30.0 Å². The molecule has 5 heteroatoms. The minimum atomic E-state index is -0.0513. The fourth-order valence-electron chi connectivity index (χ4n) is 3.43. The minimum absolute atomic E-state index is 0.0330. The third-order valence-electron chi connectivity index (χ3n) is 4.94. The fourth-order valence-corrected chi connectivity index (χ4v) is 3.43. The molecule has 0 aliphatic carbocycles. The molecular formula is C22H25NO4. The number of piperidine rings is 1. The summed E-state index contributed by atoms with van der Waals surface area (Å²) in [6.45, 7) is 3.57. The predicted molar refractivity (Wildman–Crippen MR) is 104 cm³/mol. The monoisotopic (exact) mass is 367 g/mol. The van der Waals surface area contributed by atoms with Crippen molar-refractivity contribution < 1.29 is 19.1 Å². The number of benzene rings is 2. The second kappa shape index (κ2) is 8.71. The molecule has 3 rings (SSSR count). The van der Waals surface area contributed by atoms with Gasteiger partial charge in [-0.15, -0.1) is 0 Å². The number of carbonyl (C=O) groups excluding carboxylic acids is 2. The van der Waals surface area contributed by atoms with Gasteiger partial charge in [0.1, 0.15) is 11.5 Å². The number of para-hydroxylation sites is 1. The quantitative estimate of drug-likeness (QED) is 0.728. The number of carbonyl (C=O) groups is 2. The topological polar surface area (TPSA) is 55.8 Å². The first-order chi connectivity index (χ1) is 13.1. The first kappa shape index (κ1) is 19.0. The summed E-state index contributed by atoms with van der Waals surface area (Å²) in [4.78, 5) is 27.4. The van der Waals surface area contributed by atoms with Crippen LogP contribution in [0, 0.1) is 5.92 Å². The van der Waals surface area contributed by atoms with Crippen molar-refractivity contribution in [3.63, 3.8) is 0 Å². The zero-order valence-corrected chi connectivity index (χ0v) is 15.8. The van der Waals surface area contributed by atoms with Gasteiger partial charge >= 0.3 is 0 Å². The van der Waals surface area contributed by atoms with Gasteiger partial charge in [0, 0.05) is 24.6 Å². The highest BCUT2D eigenvalue weighted by molar-refractivity contribution is 5.99. The minimum Gasteiger partial charge on any atom is -0.497 e. The zero-order chi connectivity index (χ0) is 19.2. The van der Waals surface area contributed by atoms with Gasteiger partial charge in [0.15, 0.2) is 5.78 Å². The number of Topliss-reactive ketones (excluding diaryl/α,β-unsaturated/α-hetero) is 1. The lowest BCUT2D eigenvalue weighted by molar-refractivity contribution is 0.0647. The Morgan fingerprint density at radius 2 is 1.70 bits per heavy atom. The summed E-state index contributed by atoms with van der Waals surface area (Å²) < 4.78 is 10.7. The van der Waals surface area contributed by atoms with E-state index in [2.05, 4.69) is 0 Å². The molecule has 0 atom stereocenters. The van der Waals surface area contributed by atoms with Crippen molar-refractivity contribution in [2.24, 2.45) is 5.92 Å². The molecule has 142 valence electrons. The third kappa shape index (κ3) is 4.30. The van der Waals surface area contributed by atoms with Crippen molar-refractivity contribution in [2.45, 2.75) is 19.8 Å². The summed E-state index contributed by atoms with van der Waals surface area (Å²) in [7, 11) is 1.60. The highest BCUT2D eigenvalue weighted by Crippen LogP contribution is 2.26. The molecule has 1 fully saturated rings. The number of methoxy groups -OCH3 is 1. The Morgan fingerprint density at radius 3 is 2.33 bits per heavy atom. The summed E-state index contributed by atoms with van der Waals surface area (Å²) >= 11 is 0. The average Bonchev–Trinajstić information content (AvgIpc) is 2.73. The molecule has 2 aromatic carbocycles. The number of ketones is 1. The Bertz CT molecular complexity index is 792. The van der Waals surface area contributed by atoms with Crippen LogP contribution in [0.25, 0.3) is 0 Å². The number of hydrogen-bond acceptors (Lipinski definition) is 4. The lowest BCUT2D eigenvalue weighted by Gasteiger charge is -2.31. The van der Waals surface area contributed by atoms with Crippen LogP contribution in [0.5, 0.6) is 11.5 Å². The molecule has 1 aliphatic rings. The van der Waals surface area contributed by atoms with E-state index in [9.17, 15) is 9.59 Å². The van der Waals surface area contributed by atoms with E-state index in [-0.39, 0.29) is 17.6 Å². The van der Waals surface area contributed by atoms with Gasteiger partial charge in [0.05, 0.1) is 19.3 Å². The van der Waals surface area contributed by atoms with Gasteiger partial charge < -0.3 is 14.4 Å². The molecule has 0 bridgehead atoms. The van der Waals surface area contributed by atoms with E-state index in [4.69, 9.17) is 9.47 Å². The lowest BCUT2D eigenvalue weighted by Crippen LogP contribution is -2.40. The van der Waals surface area contributed by atoms with Crippen molar-refractivity contribution in [3.8, 4) is 11.5 Å². The van der Waals surface area contributed by atoms with Crippen LogP contribution in [-0.2, 0) is 0 Å². The second-order valence-electron chi connectivity index (χ2n) is 6.59. The first-order valence-corrected chi connectivity index (χ1v) is 9.33. The maximum Gasteiger partial charge on any atom is 0.257 e. The molecule has 5 nitrogen and oxygen atoms in total. The molecule has 1 amide bonds. The van der Waals surface area contributed by atoms with Crippen LogP contribution in [0.4, 0.5) is 0 Å². The van der Waals surface area contributed by atoms with Gasteiger partial charge in [-0.05, 0) is 56.2 Å². The summed E-state index contributed by atoms with van der Waals surface area (Å²) in [5.74, 6) is 1.40. The number of amides is 1. The molecule has 0 saturated carbocycles. The van der Waals surface area contributed by atoms with E-state index in [0.717, 1.165) is 5.75 Å². The van der Waals surface area contributed by atoms with Crippen LogP contribution in [0.2, 0.25) is 0 Å². The summed E-state index contributed by atoms with van der Waals surface area (Å²) in [5.41, 5.74) is 1.28. The summed E-state index contributed by atoms with van der Waals surface area (Å²) in [5, 5.41) is 0. The zero-order valence-electron chi connectivity index (χ0n) is 15.8. The number of nitrogens with zero attached hydrogens (tertiary/aromatic N) is 1. The van der Waals surface area contributed by atoms with Crippen LogP contribution in [0.15, 0.2) is 48.5 Å². The Kier molecular flexibility index (Phi) is 6.12. The SMILES string of the molecule is CCOc1ccccc1C(=O)N1CCC(C(=O)c2ccc(OC)cc2)CC1. The Balaban J connectivity index is 1.63. The molecule has 2 aromatic rings. The molecule has 1 saturated heterocycles. The Labute approximate surface area is 159 Å². The van der Waals surface area contributed by atoms with Crippen LogP contribution in [-0.4, -0.2) is 43.4 Å². The smallest absolute Gasteiger partial charge is 0.257 e. The van der Waals surface area contributed by atoms with Gasteiger partial charge in [-0.1, -0.05) is 12.1 Å². The number of likely N-dealkylation sites (tertiary alicyclic amines) is 1. The molecule has 1 aliphatic heterocycles. The maximum absolute atomic E-state index is 12.9. The van der Waals surface area contributed by atoms with E-state index in [1.54, 1.807) is 37.4 Å². The molecule has 27 heavy (non-hydrogen) atoms. The van der Waals surface area contributed by atoms with E-state index in [1.165, 1.54) is 0 Å². The summed E-state index contributed by atoms with van der Waals surface area (Å²) in [6, 6.07) is 14.5. The highest BCUT2D eigenvalue weighted by atomic mass is 16.5. The molecule has 0 radical (unpaired) electrons. The first-order valence-electron chi connectivity index (χ1n) is 9.33. The molecular weight excluding hydrogens is 342 g/mol. The van der Waals surface area contributed by atoms with Crippen LogP contribution in [0.3, 0.4) is 0 Å². The van der Waals surface area contributed by atoms with Crippen molar-refractivity contribution in [1.82, 2.24) is 4.90 Å². The maximum atomic E-state index is 12.9. The lowest BCUT2D eigenvalue weighted by atomic mass is 9.88. The van der Waals surface area contributed by atoms with Crippen LogP contribution < -0.4 is 9.47 Å². The standard InChI is InChI=1S/C22H25NO4/c1-3-27-20-7-5-4-6-19(20)22(25)23-14-12-17(13-15-23)21(24)16-8-10-18(26-2)11-9-16/h4-11,17H,3,12-15H2,1-2H3. The van der Waals surface area contributed by atoms with Gasteiger partial charge in [-0.2, -0.15) is 0 Å². The number of rotatable bonds is 6. The largest absolute Gasteiger partial charge is 0.497 e. The Morgan fingerprint density at radius 1 is 1.04 bits per heavy atom. The van der Waals surface area contributed by atoms with Crippen molar-refractivity contribution in [2.75, 3.05) is 26.8 Å². The molecule has 0 N–H and O–H groups in total. The number of ether oxygens (including phenoxy) is 2. The molecule has 0 unspecified atom stereocenters. The highest BCUT2D eigenvalue weighted by Gasteiger charge is 2.29. The fraction of sp³-hybridized carbons (Fsp3) is 0.364. The van der Waals surface area contributed by atoms with E-state index >= 15 is 0 Å². The van der Waals surface area contributed by atoms with Crippen molar-refractivity contribution >= 4 is 11.7 Å². The predicted octanol–water partition coefficient (Wildman–Crippen LogP) is 3.83. The third-order valence-corrected chi connectivity index (χ3v) is 4.94.